The molecule has 0 spiro atoms. The molecule has 25 heavy (non-hydrogen) atoms. The summed E-state index contributed by atoms with van der Waals surface area (Å²) in [5, 5.41) is 3.68. The number of nitrogens with one attached hydrogen (secondary N) is 2. The summed E-state index contributed by atoms with van der Waals surface area (Å²) in [6.45, 7) is 0.586. The predicted molar refractivity (Wildman–Crippen MR) is 95.9 cm³/mol. The number of carbonyl (C=O) groups is 1. The standard InChI is InChI=1S/C19H17ClN4O/c20-15-5-3-13(4-6-15)14-9-16-18(19(25)22-11-14)24-17(23-16)8-12-2-1-7-21-10-12/h1-7,10,14H,8-9,11H2,(H,22,25)(H,23,24). The Morgan fingerprint density at radius 2 is 2.04 bits per heavy atom. The smallest absolute Gasteiger partial charge is 0.271 e. The number of H-pyrrole nitrogens is 1. The van der Waals surface area contributed by atoms with Crippen molar-refractivity contribution >= 4 is 17.5 Å². The van der Waals surface area contributed by atoms with Gasteiger partial charge < -0.3 is 10.3 Å². The molecule has 1 aromatic carbocycles. The van der Waals surface area contributed by atoms with Crippen LogP contribution in [0.4, 0.5) is 0 Å². The largest absolute Gasteiger partial charge is 0.350 e. The Morgan fingerprint density at radius 3 is 2.80 bits per heavy atom. The van der Waals surface area contributed by atoms with Gasteiger partial charge in [0.05, 0.1) is 0 Å². The van der Waals surface area contributed by atoms with E-state index in [1.54, 1.807) is 6.20 Å². The lowest BCUT2D eigenvalue weighted by Crippen LogP contribution is -2.26. The molecule has 0 bridgehead atoms. The Kier molecular flexibility index (Phi) is 4.24. The Morgan fingerprint density at radius 1 is 1.20 bits per heavy atom. The molecule has 4 rings (SSSR count). The maximum absolute atomic E-state index is 12.4. The molecular weight excluding hydrogens is 336 g/mol. The molecule has 1 amide bonds. The van der Waals surface area contributed by atoms with Gasteiger partial charge in [0.1, 0.15) is 11.5 Å². The van der Waals surface area contributed by atoms with Gasteiger partial charge in [-0.1, -0.05) is 29.8 Å². The minimum Gasteiger partial charge on any atom is -0.350 e. The summed E-state index contributed by atoms with van der Waals surface area (Å²) < 4.78 is 0. The van der Waals surface area contributed by atoms with E-state index in [9.17, 15) is 4.79 Å². The van der Waals surface area contributed by atoms with E-state index in [0.29, 0.717) is 23.7 Å². The summed E-state index contributed by atoms with van der Waals surface area (Å²) in [6, 6.07) is 11.7. The number of nitrogens with zero attached hydrogens (tertiary/aromatic N) is 2. The number of imidazole rings is 1. The molecule has 5 nitrogen and oxygen atoms in total. The average Bonchev–Trinajstić information content (AvgIpc) is 2.95. The number of rotatable bonds is 3. The minimum atomic E-state index is -0.125. The summed E-state index contributed by atoms with van der Waals surface area (Å²) in [5.41, 5.74) is 3.59. The van der Waals surface area contributed by atoms with E-state index in [4.69, 9.17) is 11.6 Å². The number of halogens is 1. The van der Waals surface area contributed by atoms with Crippen molar-refractivity contribution in [2.75, 3.05) is 6.54 Å². The van der Waals surface area contributed by atoms with Crippen LogP contribution in [-0.4, -0.2) is 27.4 Å². The molecular formula is C19H17ClN4O. The van der Waals surface area contributed by atoms with Crippen LogP contribution in [-0.2, 0) is 12.8 Å². The van der Waals surface area contributed by atoms with Crippen LogP contribution in [0.3, 0.4) is 0 Å². The Hall–Kier alpha value is -2.66. The fraction of sp³-hybridized carbons (Fsp3) is 0.211. The monoisotopic (exact) mass is 352 g/mol. The first-order valence-corrected chi connectivity index (χ1v) is 8.57. The fourth-order valence-corrected chi connectivity index (χ4v) is 3.29. The summed E-state index contributed by atoms with van der Waals surface area (Å²) >= 11 is 5.98. The van der Waals surface area contributed by atoms with Crippen molar-refractivity contribution in [1.82, 2.24) is 20.3 Å². The molecule has 1 aliphatic heterocycles. The van der Waals surface area contributed by atoms with Gasteiger partial charge in [-0.25, -0.2) is 4.98 Å². The Labute approximate surface area is 150 Å². The SMILES string of the molecule is O=C1NCC(c2ccc(Cl)cc2)Cc2[nH]c(Cc3cccnc3)nc21. The second-order valence-corrected chi connectivity index (χ2v) is 6.65. The van der Waals surface area contributed by atoms with Gasteiger partial charge in [0.25, 0.3) is 5.91 Å². The summed E-state index contributed by atoms with van der Waals surface area (Å²) in [4.78, 5) is 24.3. The number of fused-ring (bicyclic) bond motifs is 1. The van der Waals surface area contributed by atoms with E-state index in [-0.39, 0.29) is 11.8 Å². The number of amides is 1. The highest BCUT2D eigenvalue weighted by Crippen LogP contribution is 2.25. The molecule has 2 aromatic heterocycles. The molecule has 3 heterocycles. The fourth-order valence-electron chi connectivity index (χ4n) is 3.17. The second-order valence-electron chi connectivity index (χ2n) is 6.21. The zero-order valence-corrected chi connectivity index (χ0v) is 14.3. The van der Waals surface area contributed by atoms with Crippen LogP contribution in [0.25, 0.3) is 0 Å². The normalized spacial score (nSPS) is 16.8. The first kappa shape index (κ1) is 15.8. The quantitative estimate of drug-likeness (QED) is 0.760. The van der Waals surface area contributed by atoms with Gasteiger partial charge in [-0.05, 0) is 35.7 Å². The molecule has 1 aliphatic rings. The van der Waals surface area contributed by atoms with Crippen molar-refractivity contribution in [1.29, 1.82) is 0 Å². The first-order valence-electron chi connectivity index (χ1n) is 8.19. The highest BCUT2D eigenvalue weighted by molar-refractivity contribution is 6.30. The number of benzene rings is 1. The predicted octanol–water partition coefficient (Wildman–Crippen LogP) is 3.12. The average molecular weight is 353 g/mol. The molecule has 6 heteroatoms. The van der Waals surface area contributed by atoms with Crippen molar-refractivity contribution < 1.29 is 4.79 Å². The van der Waals surface area contributed by atoms with Gasteiger partial charge in [-0.3, -0.25) is 9.78 Å². The van der Waals surface area contributed by atoms with E-state index in [1.807, 2.05) is 42.6 Å². The minimum absolute atomic E-state index is 0.125. The second kappa shape index (κ2) is 6.69. The first-order chi connectivity index (χ1) is 12.2. The van der Waals surface area contributed by atoms with Crippen LogP contribution < -0.4 is 5.32 Å². The molecule has 3 aromatic rings. The van der Waals surface area contributed by atoms with Gasteiger partial charge in [0.15, 0.2) is 0 Å². The molecule has 126 valence electrons. The molecule has 1 atom stereocenters. The van der Waals surface area contributed by atoms with Gasteiger partial charge >= 0.3 is 0 Å². The molecule has 0 saturated heterocycles. The van der Waals surface area contributed by atoms with Crippen molar-refractivity contribution in [3.63, 3.8) is 0 Å². The lowest BCUT2D eigenvalue weighted by Gasteiger charge is -2.14. The third-order valence-electron chi connectivity index (χ3n) is 4.44. The third-order valence-corrected chi connectivity index (χ3v) is 4.69. The van der Waals surface area contributed by atoms with Crippen molar-refractivity contribution in [3.8, 4) is 0 Å². The number of carbonyl (C=O) groups excluding carboxylic acids is 1. The van der Waals surface area contributed by atoms with Crippen molar-refractivity contribution in [2.24, 2.45) is 0 Å². The molecule has 1 unspecified atom stereocenters. The summed E-state index contributed by atoms with van der Waals surface area (Å²) in [6.07, 6.45) is 4.91. The number of hydrogen-bond acceptors (Lipinski definition) is 3. The van der Waals surface area contributed by atoms with E-state index in [2.05, 4.69) is 20.3 Å². The lowest BCUT2D eigenvalue weighted by molar-refractivity contribution is 0.0950. The number of aromatic nitrogens is 3. The summed E-state index contributed by atoms with van der Waals surface area (Å²) in [7, 11) is 0. The number of hydrogen-bond donors (Lipinski definition) is 2. The maximum atomic E-state index is 12.4. The molecule has 0 fully saturated rings. The maximum Gasteiger partial charge on any atom is 0.271 e. The Balaban J connectivity index is 1.61. The van der Waals surface area contributed by atoms with Crippen LogP contribution in [0, 0.1) is 0 Å². The van der Waals surface area contributed by atoms with Crippen LogP contribution in [0.2, 0.25) is 5.02 Å². The van der Waals surface area contributed by atoms with Crippen LogP contribution in [0.15, 0.2) is 48.8 Å². The van der Waals surface area contributed by atoms with Gasteiger partial charge in [0.2, 0.25) is 0 Å². The van der Waals surface area contributed by atoms with Crippen LogP contribution >= 0.6 is 11.6 Å². The van der Waals surface area contributed by atoms with Crippen LogP contribution in [0.1, 0.15) is 39.1 Å². The van der Waals surface area contributed by atoms with Crippen molar-refractivity contribution in [3.05, 3.63) is 82.2 Å². The highest BCUT2D eigenvalue weighted by Gasteiger charge is 2.26. The van der Waals surface area contributed by atoms with E-state index >= 15 is 0 Å². The van der Waals surface area contributed by atoms with E-state index in [1.165, 1.54) is 0 Å². The molecule has 0 radical (unpaired) electrons. The van der Waals surface area contributed by atoms with Gasteiger partial charge in [-0.2, -0.15) is 0 Å². The number of aromatic amines is 1. The topological polar surface area (TPSA) is 70.7 Å². The molecule has 0 aliphatic carbocycles. The Bertz CT molecular complexity index is 890. The van der Waals surface area contributed by atoms with E-state index < -0.39 is 0 Å². The third kappa shape index (κ3) is 3.42. The van der Waals surface area contributed by atoms with E-state index in [0.717, 1.165) is 29.1 Å². The number of pyridine rings is 1. The highest BCUT2D eigenvalue weighted by atomic mass is 35.5. The molecule has 2 N–H and O–H groups in total. The summed E-state index contributed by atoms with van der Waals surface area (Å²) in [5.74, 6) is 0.846. The zero-order chi connectivity index (χ0) is 17.2. The van der Waals surface area contributed by atoms with Crippen molar-refractivity contribution in [2.45, 2.75) is 18.8 Å². The lowest BCUT2D eigenvalue weighted by atomic mass is 9.94. The van der Waals surface area contributed by atoms with Gasteiger partial charge in [0, 0.05) is 42.0 Å². The van der Waals surface area contributed by atoms with Gasteiger partial charge in [-0.15, -0.1) is 0 Å². The van der Waals surface area contributed by atoms with Crippen LogP contribution in [0.5, 0.6) is 0 Å². The zero-order valence-electron chi connectivity index (χ0n) is 13.5. The molecule has 0 saturated carbocycles.